The molecule has 0 radical (unpaired) electrons. The molecule has 0 bridgehead atoms. The van der Waals surface area contributed by atoms with Gasteiger partial charge in [-0.15, -0.1) is 11.3 Å². The third-order valence-corrected chi connectivity index (χ3v) is 3.70. The lowest BCUT2D eigenvalue weighted by atomic mass is 10.3. The van der Waals surface area contributed by atoms with Crippen LogP contribution < -0.4 is 10.6 Å². The highest BCUT2D eigenvalue weighted by molar-refractivity contribution is 9.10. The summed E-state index contributed by atoms with van der Waals surface area (Å²) in [6.07, 6.45) is 0. The van der Waals surface area contributed by atoms with Crippen molar-refractivity contribution in [2.75, 3.05) is 5.32 Å². The first-order valence-electron chi connectivity index (χ1n) is 5.07. The molecule has 0 atom stereocenters. The maximum Gasteiger partial charge on any atom is 0.171 e. The zero-order chi connectivity index (χ0) is 12.1. The van der Waals surface area contributed by atoms with Gasteiger partial charge in [-0.1, -0.05) is 28.1 Å². The fourth-order valence-electron chi connectivity index (χ4n) is 1.32. The van der Waals surface area contributed by atoms with Crippen LogP contribution in [-0.4, -0.2) is 5.11 Å². The van der Waals surface area contributed by atoms with Gasteiger partial charge in [0, 0.05) is 15.0 Å². The average molecular weight is 327 g/mol. The molecule has 0 spiro atoms. The lowest BCUT2D eigenvalue weighted by Gasteiger charge is -2.09. The van der Waals surface area contributed by atoms with Gasteiger partial charge in [-0.05, 0) is 41.9 Å². The molecule has 2 rings (SSSR count). The van der Waals surface area contributed by atoms with Crippen LogP contribution in [0.2, 0.25) is 0 Å². The molecule has 1 aromatic heterocycles. The summed E-state index contributed by atoms with van der Waals surface area (Å²) in [5.41, 5.74) is 0.975. The average Bonchev–Trinajstić information content (AvgIpc) is 2.79. The Bertz CT molecular complexity index is 497. The topological polar surface area (TPSA) is 24.1 Å². The SMILES string of the molecule is S=C(NCc1cccs1)Nc1cccc(Br)c1. The van der Waals surface area contributed by atoms with Crippen molar-refractivity contribution >= 4 is 50.3 Å². The summed E-state index contributed by atoms with van der Waals surface area (Å²) in [5.74, 6) is 0. The normalized spacial score (nSPS) is 9.94. The largest absolute Gasteiger partial charge is 0.358 e. The third-order valence-electron chi connectivity index (χ3n) is 2.09. The lowest BCUT2D eigenvalue weighted by Crippen LogP contribution is -2.27. The maximum absolute atomic E-state index is 5.22. The number of thiophene rings is 1. The summed E-state index contributed by atoms with van der Waals surface area (Å²) >= 11 is 10.4. The highest BCUT2D eigenvalue weighted by Crippen LogP contribution is 2.15. The summed E-state index contributed by atoms with van der Waals surface area (Å²) in [5, 5.41) is 9.00. The van der Waals surface area contributed by atoms with Crippen molar-refractivity contribution in [3.8, 4) is 0 Å². The van der Waals surface area contributed by atoms with Gasteiger partial charge in [0.15, 0.2) is 5.11 Å². The van der Waals surface area contributed by atoms with E-state index in [1.54, 1.807) is 11.3 Å². The van der Waals surface area contributed by atoms with E-state index in [1.165, 1.54) is 4.88 Å². The molecule has 1 heterocycles. The second-order valence-corrected chi connectivity index (χ2v) is 5.75. The number of halogens is 1. The predicted molar refractivity (Wildman–Crippen MR) is 81.5 cm³/mol. The Morgan fingerprint density at radius 1 is 1.29 bits per heavy atom. The predicted octanol–water partition coefficient (Wildman–Crippen LogP) is 4.00. The van der Waals surface area contributed by atoms with Gasteiger partial charge in [0.2, 0.25) is 0 Å². The molecule has 0 aliphatic heterocycles. The summed E-state index contributed by atoms with van der Waals surface area (Å²) in [6.45, 7) is 0.761. The van der Waals surface area contributed by atoms with Crippen molar-refractivity contribution in [1.82, 2.24) is 5.32 Å². The van der Waals surface area contributed by atoms with E-state index < -0.39 is 0 Å². The molecular weight excluding hydrogens is 316 g/mol. The van der Waals surface area contributed by atoms with Crippen LogP contribution >= 0.6 is 39.5 Å². The summed E-state index contributed by atoms with van der Waals surface area (Å²) in [6, 6.07) is 12.0. The molecule has 0 fully saturated rings. The van der Waals surface area contributed by atoms with E-state index in [2.05, 4.69) is 38.0 Å². The fraction of sp³-hybridized carbons (Fsp3) is 0.0833. The van der Waals surface area contributed by atoms with E-state index >= 15 is 0 Å². The molecule has 2 N–H and O–H groups in total. The van der Waals surface area contributed by atoms with Crippen LogP contribution in [0.5, 0.6) is 0 Å². The molecule has 0 saturated heterocycles. The third kappa shape index (κ3) is 4.11. The quantitative estimate of drug-likeness (QED) is 0.834. The Morgan fingerprint density at radius 3 is 2.88 bits per heavy atom. The molecule has 0 aliphatic rings. The molecule has 5 heteroatoms. The molecule has 2 aromatic rings. The zero-order valence-electron chi connectivity index (χ0n) is 8.94. The molecular formula is C12H11BrN2S2. The van der Waals surface area contributed by atoms with Crippen LogP contribution in [0.15, 0.2) is 46.3 Å². The highest BCUT2D eigenvalue weighted by atomic mass is 79.9. The molecule has 0 unspecified atom stereocenters. The van der Waals surface area contributed by atoms with Gasteiger partial charge < -0.3 is 10.6 Å². The van der Waals surface area contributed by atoms with Crippen LogP contribution in [0.3, 0.4) is 0 Å². The Hall–Kier alpha value is -0.910. The minimum atomic E-state index is 0.636. The van der Waals surface area contributed by atoms with Gasteiger partial charge in [-0.3, -0.25) is 0 Å². The van der Waals surface area contributed by atoms with Gasteiger partial charge in [-0.2, -0.15) is 0 Å². The summed E-state index contributed by atoms with van der Waals surface area (Å²) in [4.78, 5) is 1.27. The maximum atomic E-state index is 5.22. The van der Waals surface area contributed by atoms with Crippen molar-refractivity contribution < 1.29 is 0 Å². The van der Waals surface area contributed by atoms with Crippen molar-refractivity contribution in [2.45, 2.75) is 6.54 Å². The van der Waals surface area contributed by atoms with Crippen LogP contribution in [0.4, 0.5) is 5.69 Å². The summed E-state index contributed by atoms with van der Waals surface area (Å²) in [7, 11) is 0. The van der Waals surface area contributed by atoms with E-state index in [0.29, 0.717) is 5.11 Å². The van der Waals surface area contributed by atoms with E-state index in [0.717, 1.165) is 16.7 Å². The number of hydrogen-bond acceptors (Lipinski definition) is 2. The Kier molecular flexibility index (Phi) is 4.53. The molecule has 0 saturated carbocycles. The van der Waals surface area contributed by atoms with Crippen LogP contribution in [0.25, 0.3) is 0 Å². The first-order valence-corrected chi connectivity index (χ1v) is 7.15. The molecule has 17 heavy (non-hydrogen) atoms. The van der Waals surface area contributed by atoms with E-state index in [-0.39, 0.29) is 0 Å². The van der Waals surface area contributed by atoms with Gasteiger partial charge in [-0.25, -0.2) is 0 Å². The van der Waals surface area contributed by atoms with Gasteiger partial charge in [0.25, 0.3) is 0 Å². The van der Waals surface area contributed by atoms with Crippen molar-refractivity contribution in [2.24, 2.45) is 0 Å². The van der Waals surface area contributed by atoms with Crippen molar-refractivity contribution in [3.05, 3.63) is 51.1 Å². The fourth-order valence-corrected chi connectivity index (χ4v) is 2.56. The van der Waals surface area contributed by atoms with Gasteiger partial charge >= 0.3 is 0 Å². The minimum Gasteiger partial charge on any atom is -0.358 e. The van der Waals surface area contributed by atoms with Crippen molar-refractivity contribution in [1.29, 1.82) is 0 Å². The van der Waals surface area contributed by atoms with Gasteiger partial charge in [0.1, 0.15) is 0 Å². The zero-order valence-corrected chi connectivity index (χ0v) is 12.2. The molecule has 88 valence electrons. The van der Waals surface area contributed by atoms with E-state index in [1.807, 2.05) is 30.3 Å². The smallest absolute Gasteiger partial charge is 0.171 e. The Morgan fingerprint density at radius 2 is 2.18 bits per heavy atom. The molecule has 0 amide bonds. The van der Waals surface area contributed by atoms with Crippen LogP contribution in [0, 0.1) is 0 Å². The number of thiocarbonyl (C=S) groups is 1. The van der Waals surface area contributed by atoms with E-state index in [9.17, 15) is 0 Å². The lowest BCUT2D eigenvalue weighted by molar-refractivity contribution is 0.946. The summed E-state index contributed by atoms with van der Waals surface area (Å²) < 4.78 is 1.03. The number of rotatable bonds is 3. The van der Waals surface area contributed by atoms with Crippen molar-refractivity contribution in [3.63, 3.8) is 0 Å². The first-order chi connectivity index (χ1) is 8.24. The van der Waals surface area contributed by atoms with E-state index in [4.69, 9.17) is 12.2 Å². The monoisotopic (exact) mass is 326 g/mol. The number of nitrogens with one attached hydrogen (secondary N) is 2. The van der Waals surface area contributed by atoms with Gasteiger partial charge in [0.05, 0.1) is 6.54 Å². The Labute approximate surface area is 118 Å². The number of benzene rings is 1. The second-order valence-electron chi connectivity index (χ2n) is 3.40. The highest BCUT2D eigenvalue weighted by Gasteiger charge is 1.99. The number of hydrogen-bond donors (Lipinski definition) is 2. The molecule has 0 aliphatic carbocycles. The van der Waals surface area contributed by atoms with Crippen LogP contribution in [0.1, 0.15) is 4.88 Å². The first kappa shape index (κ1) is 12.5. The number of anilines is 1. The second kappa shape index (κ2) is 6.14. The van der Waals surface area contributed by atoms with Crippen LogP contribution in [-0.2, 0) is 6.54 Å². The molecule has 2 nitrogen and oxygen atoms in total. The minimum absolute atomic E-state index is 0.636. The standard InChI is InChI=1S/C12H11BrN2S2/c13-9-3-1-4-10(7-9)15-12(16)14-8-11-5-2-6-17-11/h1-7H,8H2,(H2,14,15,16). The molecule has 1 aromatic carbocycles. The Balaban J connectivity index is 1.85.